The molecule has 0 radical (unpaired) electrons. The average Bonchev–Trinajstić information content (AvgIpc) is 3.38. The molecule has 0 saturated carbocycles. The van der Waals surface area contributed by atoms with Gasteiger partial charge in [0.05, 0.1) is 0 Å². The number of anilines is 2. The quantitative estimate of drug-likeness (QED) is 0.181. The van der Waals surface area contributed by atoms with Crippen LogP contribution in [-0.4, -0.2) is 41.0 Å². The van der Waals surface area contributed by atoms with Gasteiger partial charge in [0.1, 0.15) is 5.69 Å². The molecule has 0 bridgehead atoms. The van der Waals surface area contributed by atoms with Crippen LogP contribution in [0.2, 0.25) is 0 Å². The maximum atomic E-state index is 14.1. The highest BCUT2D eigenvalue weighted by Crippen LogP contribution is 2.42. The summed E-state index contributed by atoms with van der Waals surface area (Å²) in [4.78, 5) is 44.4. The number of carbonyl (C=O) groups excluding carboxylic acids is 2. The van der Waals surface area contributed by atoms with Gasteiger partial charge in [-0.2, -0.15) is 0 Å². The molecule has 2 aromatic heterocycles. The van der Waals surface area contributed by atoms with E-state index in [0.717, 1.165) is 45.7 Å². The molecule has 5 rings (SSSR count). The van der Waals surface area contributed by atoms with Crippen LogP contribution in [0.15, 0.2) is 47.8 Å². The highest BCUT2D eigenvalue weighted by Gasteiger charge is 2.26. The molecular formula is C32H33N5O4S. The Hall–Kier alpha value is -4.54. The predicted molar refractivity (Wildman–Crippen MR) is 167 cm³/mol. The van der Waals surface area contributed by atoms with E-state index >= 15 is 0 Å². The van der Waals surface area contributed by atoms with Crippen molar-refractivity contribution in [2.24, 2.45) is 5.73 Å². The number of carboxylic acids is 1. The topological polar surface area (TPSA) is 146 Å². The molecule has 6 N–H and O–H groups in total. The zero-order chi connectivity index (χ0) is 30.0. The molecule has 2 aromatic carbocycles. The van der Waals surface area contributed by atoms with Crippen LogP contribution >= 0.6 is 11.3 Å². The summed E-state index contributed by atoms with van der Waals surface area (Å²) in [7, 11) is 0. The van der Waals surface area contributed by atoms with Crippen molar-refractivity contribution >= 4 is 40.5 Å². The number of aryl methyl sites for hydroxylation is 2. The average molecular weight is 584 g/mol. The van der Waals surface area contributed by atoms with Gasteiger partial charge in [0.15, 0.2) is 5.69 Å². The number of thiophene rings is 1. The number of aromatic nitrogens is 1. The number of carbonyl (C=O) groups is 3. The standard InChI is InChI=1S/C32H33N5O4S/c1-4-9-35-31(39)25-6-5-21(28(36-25)32(40)41)22-15-26-24(29-20(7-10-34-26)8-11-42-29)14-23(22)30(38)37-27-17(2)12-19(16-33)13-18(27)3/h5-6,8,11-15,34H,4,7,9-10,16,33H2,1-3H3,(H,35,39)(H,37,38)(H,40,41). The van der Waals surface area contributed by atoms with E-state index in [1.807, 2.05) is 50.4 Å². The van der Waals surface area contributed by atoms with Gasteiger partial charge in [-0.3, -0.25) is 9.59 Å². The molecular weight excluding hydrogens is 550 g/mol. The van der Waals surface area contributed by atoms with Crippen LogP contribution in [-0.2, 0) is 13.0 Å². The highest BCUT2D eigenvalue weighted by molar-refractivity contribution is 7.13. The van der Waals surface area contributed by atoms with Crippen molar-refractivity contribution in [1.82, 2.24) is 10.3 Å². The summed E-state index contributed by atoms with van der Waals surface area (Å²) in [5.74, 6) is -2.14. The minimum atomic E-state index is -1.30. The molecule has 1 aliphatic heterocycles. The Labute approximate surface area is 248 Å². The third-order valence-corrected chi connectivity index (χ3v) is 8.32. The van der Waals surface area contributed by atoms with Crippen LogP contribution in [0, 0.1) is 13.8 Å². The van der Waals surface area contributed by atoms with Crippen molar-refractivity contribution in [3.05, 3.63) is 87.0 Å². The Bertz CT molecular complexity index is 1690. The molecule has 216 valence electrons. The van der Waals surface area contributed by atoms with Crippen LogP contribution in [0.5, 0.6) is 0 Å². The third-order valence-electron chi connectivity index (χ3n) is 7.33. The maximum Gasteiger partial charge on any atom is 0.355 e. The lowest BCUT2D eigenvalue weighted by Crippen LogP contribution is -2.25. The first-order chi connectivity index (χ1) is 20.2. The Morgan fingerprint density at radius 3 is 2.48 bits per heavy atom. The van der Waals surface area contributed by atoms with E-state index in [-0.39, 0.29) is 22.9 Å². The molecule has 1 aliphatic rings. The minimum absolute atomic E-state index is 0.00189. The Balaban J connectivity index is 1.68. The molecule has 0 spiro atoms. The SMILES string of the molecule is CCCNC(=O)c1ccc(-c2cc3c(cc2C(=O)Nc2c(C)cc(CN)cc2C)-c2sccc2CCN3)c(C(=O)O)n1. The molecule has 10 heteroatoms. The number of carboxylic acid groups (broad SMARTS) is 1. The lowest BCUT2D eigenvalue weighted by atomic mass is 9.93. The first-order valence-corrected chi connectivity index (χ1v) is 14.7. The number of fused-ring (bicyclic) bond motifs is 3. The summed E-state index contributed by atoms with van der Waals surface area (Å²) in [6.45, 7) is 7.27. The van der Waals surface area contributed by atoms with Gasteiger partial charge in [-0.25, -0.2) is 9.78 Å². The molecule has 0 saturated heterocycles. The van der Waals surface area contributed by atoms with Crippen molar-refractivity contribution < 1.29 is 19.5 Å². The van der Waals surface area contributed by atoms with E-state index in [2.05, 4.69) is 27.0 Å². The number of rotatable bonds is 8. The Kier molecular flexibility index (Phi) is 8.37. The maximum absolute atomic E-state index is 14.1. The fourth-order valence-corrected chi connectivity index (χ4v) is 6.28. The molecule has 0 aliphatic carbocycles. The lowest BCUT2D eigenvalue weighted by Gasteiger charge is -2.19. The van der Waals surface area contributed by atoms with Gasteiger partial charge >= 0.3 is 5.97 Å². The number of hydrogen-bond donors (Lipinski definition) is 5. The number of benzene rings is 2. The minimum Gasteiger partial charge on any atom is -0.476 e. The largest absolute Gasteiger partial charge is 0.476 e. The van der Waals surface area contributed by atoms with E-state index in [0.29, 0.717) is 36.4 Å². The van der Waals surface area contributed by atoms with Crippen molar-refractivity contribution in [2.75, 3.05) is 23.7 Å². The zero-order valence-corrected chi connectivity index (χ0v) is 24.6. The number of nitrogens with two attached hydrogens (primary N) is 1. The summed E-state index contributed by atoms with van der Waals surface area (Å²) in [5, 5.41) is 21.4. The zero-order valence-electron chi connectivity index (χ0n) is 23.8. The van der Waals surface area contributed by atoms with Gasteiger partial charge in [0, 0.05) is 52.6 Å². The Morgan fingerprint density at radius 1 is 1.02 bits per heavy atom. The van der Waals surface area contributed by atoms with Crippen LogP contribution in [0.4, 0.5) is 11.4 Å². The molecule has 9 nitrogen and oxygen atoms in total. The molecule has 42 heavy (non-hydrogen) atoms. The second-order valence-corrected chi connectivity index (χ2v) is 11.2. The number of hydrogen-bond acceptors (Lipinski definition) is 7. The number of amides is 2. The van der Waals surface area contributed by atoms with E-state index < -0.39 is 11.9 Å². The van der Waals surface area contributed by atoms with Gasteiger partial charge in [0.2, 0.25) is 0 Å². The second-order valence-electron chi connectivity index (χ2n) is 10.3. The first-order valence-electron chi connectivity index (χ1n) is 13.8. The lowest BCUT2D eigenvalue weighted by molar-refractivity contribution is 0.0691. The summed E-state index contributed by atoms with van der Waals surface area (Å²) in [6, 6.07) is 12.6. The molecule has 4 aromatic rings. The van der Waals surface area contributed by atoms with E-state index in [9.17, 15) is 19.5 Å². The molecule has 3 heterocycles. The van der Waals surface area contributed by atoms with Crippen molar-refractivity contribution in [3.63, 3.8) is 0 Å². The third kappa shape index (κ3) is 5.63. The van der Waals surface area contributed by atoms with Gasteiger partial charge in [-0.15, -0.1) is 11.3 Å². The predicted octanol–water partition coefficient (Wildman–Crippen LogP) is 5.61. The molecule has 0 atom stereocenters. The highest BCUT2D eigenvalue weighted by atomic mass is 32.1. The molecule has 2 amide bonds. The van der Waals surface area contributed by atoms with Crippen LogP contribution in [0.1, 0.15) is 66.9 Å². The van der Waals surface area contributed by atoms with E-state index in [4.69, 9.17) is 5.73 Å². The van der Waals surface area contributed by atoms with Crippen LogP contribution in [0.3, 0.4) is 0 Å². The number of nitrogens with zero attached hydrogens (tertiary/aromatic N) is 1. The van der Waals surface area contributed by atoms with Crippen molar-refractivity contribution in [1.29, 1.82) is 0 Å². The smallest absolute Gasteiger partial charge is 0.355 e. The van der Waals surface area contributed by atoms with Crippen molar-refractivity contribution in [2.45, 2.75) is 40.2 Å². The summed E-state index contributed by atoms with van der Waals surface area (Å²) in [6.07, 6.45) is 1.55. The van der Waals surface area contributed by atoms with E-state index in [1.54, 1.807) is 17.4 Å². The molecule has 0 unspecified atom stereocenters. The monoisotopic (exact) mass is 583 g/mol. The van der Waals surface area contributed by atoms with Gasteiger partial charge in [0.25, 0.3) is 11.8 Å². The van der Waals surface area contributed by atoms with Crippen molar-refractivity contribution in [3.8, 4) is 21.6 Å². The number of aromatic carboxylic acids is 1. The summed E-state index contributed by atoms with van der Waals surface area (Å²) in [5.41, 5.74) is 12.7. The fourth-order valence-electron chi connectivity index (χ4n) is 5.29. The van der Waals surface area contributed by atoms with Crippen LogP contribution < -0.4 is 21.7 Å². The normalized spacial score (nSPS) is 12.0. The summed E-state index contributed by atoms with van der Waals surface area (Å²) < 4.78 is 0. The van der Waals surface area contributed by atoms with E-state index in [1.165, 1.54) is 11.6 Å². The first kappa shape index (κ1) is 29.0. The second kappa shape index (κ2) is 12.1. The fraction of sp³-hybridized carbons (Fsp3) is 0.250. The van der Waals surface area contributed by atoms with Gasteiger partial charge in [-0.1, -0.05) is 19.1 Å². The molecule has 0 fully saturated rings. The van der Waals surface area contributed by atoms with Gasteiger partial charge < -0.3 is 26.8 Å². The Morgan fingerprint density at radius 2 is 1.79 bits per heavy atom. The number of nitrogens with one attached hydrogen (secondary N) is 3. The number of pyridine rings is 1. The van der Waals surface area contributed by atoms with Gasteiger partial charge in [-0.05, 0) is 90.2 Å². The van der Waals surface area contributed by atoms with Crippen LogP contribution in [0.25, 0.3) is 21.6 Å². The summed E-state index contributed by atoms with van der Waals surface area (Å²) >= 11 is 1.60.